The number of carbonyl (C=O) groups is 2. The van der Waals surface area contributed by atoms with Crippen molar-refractivity contribution in [1.82, 2.24) is 14.9 Å². The Kier molecular flexibility index (Phi) is 4.84. The minimum Gasteiger partial charge on any atom is -0.339 e. The van der Waals surface area contributed by atoms with Gasteiger partial charge in [0.15, 0.2) is 0 Å². The molecule has 1 saturated heterocycles. The molecule has 2 amide bonds. The lowest BCUT2D eigenvalue weighted by atomic mass is 10.1. The number of likely N-dealkylation sites (tertiary alicyclic amines) is 1. The first kappa shape index (κ1) is 16.1. The van der Waals surface area contributed by atoms with Crippen molar-refractivity contribution >= 4 is 17.6 Å². The Morgan fingerprint density at radius 3 is 2.54 bits per heavy atom. The van der Waals surface area contributed by atoms with Gasteiger partial charge in [0, 0.05) is 36.0 Å². The Hall–Kier alpha value is -2.76. The second kappa shape index (κ2) is 7.21. The minimum atomic E-state index is -0.290. The molecule has 0 spiro atoms. The molecule has 6 heteroatoms. The van der Waals surface area contributed by atoms with Crippen LogP contribution in [0.15, 0.2) is 36.7 Å². The number of nitrogens with one attached hydrogen (secondary N) is 1. The lowest BCUT2D eigenvalue weighted by Crippen LogP contribution is -2.35. The molecule has 0 aliphatic carbocycles. The fraction of sp³-hybridized carbons (Fsp3) is 0.333. The molecule has 1 aromatic carbocycles. The van der Waals surface area contributed by atoms with Crippen molar-refractivity contribution in [2.24, 2.45) is 0 Å². The van der Waals surface area contributed by atoms with Crippen LogP contribution in [0.1, 0.15) is 45.7 Å². The smallest absolute Gasteiger partial charge is 0.256 e. The number of nitrogens with zero attached hydrogens (tertiary/aromatic N) is 3. The van der Waals surface area contributed by atoms with Crippen LogP contribution in [0.25, 0.3) is 0 Å². The van der Waals surface area contributed by atoms with Gasteiger partial charge in [-0.25, -0.2) is 9.97 Å². The van der Waals surface area contributed by atoms with Crippen LogP contribution in [-0.2, 0) is 0 Å². The van der Waals surface area contributed by atoms with Gasteiger partial charge in [-0.2, -0.15) is 0 Å². The third-order valence-electron chi connectivity index (χ3n) is 4.06. The van der Waals surface area contributed by atoms with Gasteiger partial charge >= 0.3 is 0 Å². The average molecular weight is 324 g/mol. The van der Waals surface area contributed by atoms with E-state index in [1.165, 1.54) is 12.7 Å². The van der Waals surface area contributed by atoms with E-state index in [9.17, 15) is 9.59 Å². The highest BCUT2D eigenvalue weighted by Crippen LogP contribution is 2.15. The zero-order chi connectivity index (χ0) is 16.9. The van der Waals surface area contributed by atoms with E-state index in [4.69, 9.17) is 0 Å². The summed E-state index contributed by atoms with van der Waals surface area (Å²) in [7, 11) is 0. The third-order valence-corrected chi connectivity index (χ3v) is 4.06. The SMILES string of the molecule is Cc1cc(NC(=O)c2cccc(C(=O)N3CCCCC3)c2)ncn1. The van der Waals surface area contributed by atoms with E-state index in [1.54, 1.807) is 30.3 Å². The molecule has 0 unspecified atom stereocenters. The van der Waals surface area contributed by atoms with Crippen LogP contribution >= 0.6 is 0 Å². The van der Waals surface area contributed by atoms with Gasteiger partial charge in [-0.15, -0.1) is 0 Å². The molecule has 124 valence electrons. The van der Waals surface area contributed by atoms with E-state index in [0.29, 0.717) is 16.9 Å². The summed E-state index contributed by atoms with van der Waals surface area (Å²) in [6, 6.07) is 8.51. The van der Waals surface area contributed by atoms with Gasteiger partial charge in [0.25, 0.3) is 11.8 Å². The van der Waals surface area contributed by atoms with Gasteiger partial charge in [0.1, 0.15) is 12.1 Å². The monoisotopic (exact) mass is 324 g/mol. The first-order chi connectivity index (χ1) is 11.6. The maximum absolute atomic E-state index is 12.6. The molecule has 2 aromatic rings. The zero-order valence-corrected chi connectivity index (χ0v) is 13.7. The molecule has 0 atom stereocenters. The average Bonchev–Trinajstić information content (AvgIpc) is 2.62. The molecule has 1 fully saturated rings. The Bertz CT molecular complexity index is 754. The molecule has 6 nitrogen and oxygen atoms in total. The summed E-state index contributed by atoms with van der Waals surface area (Å²) in [4.78, 5) is 34.8. The van der Waals surface area contributed by atoms with Gasteiger partial charge in [-0.3, -0.25) is 9.59 Å². The fourth-order valence-electron chi connectivity index (χ4n) is 2.78. The predicted molar refractivity (Wildman–Crippen MR) is 90.9 cm³/mol. The maximum atomic E-state index is 12.6. The van der Waals surface area contributed by atoms with E-state index in [0.717, 1.165) is 31.6 Å². The van der Waals surface area contributed by atoms with Crippen LogP contribution in [-0.4, -0.2) is 39.8 Å². The summed E-state index contributed by atoms with van der Waals surface area (Å²) in [6.45, 7) is 3.40. The molecule has 1 aliphatic rings. The second-order valence-electron chi connectivity index (χ2n) is 5.93. The van der Waals surface area contributed by atoms with Gasteiger partial charge < -0.3 is 10.2 Å². The molecule has 24 heavy (non-hydrogen) atoms. The zero-order valence-electron chi connectivity index (χ0n) is 13.7. The van der Waals surface area contributed by atoms with Gasteiger partial charge in [0.2, 0.25) is 0 Å². The Morgan fingerprint density at radius 1 is 1.04 bits per heavy atom. The lowest BCUT2D eigenvalue weighted by molar-refractivity contribution is 0.0724. The quantitative estimate of drug-likeness (QED) is 0.942. The van der Waals surface area contributed by atoms with Crippen LogP contribution in [0.4, 0.5) is 5.82 Å². The number of benzene rings is 1. The largest absolute Gasteiger partial charge is 0.339 e. The molecule has 2 heterocycles. The maximum Gasteiger partial charge on any atom is 0.256 e. The first-order valence-electron chi connectivity index (χ1n) is 8.13. The van der Waals surface area contributed by atoms with Crippen molar-refractivity contribution in [3.05, 3.63) is 53.5 Å². The van der Waals surface area contributed by atoms with Crippen LogP contribution in [0, 0.1) is 6.92 Å². The van der Waals surface area contributed by atoms with Crippen LogP contribution in [0.2, 0.25) is 0 Å². The van der Waals surface area contributed by atoms with E-state index in [2.05, 4.69) is 15.3 Å². The van der Waals surface area contributed by atoms with Gasteiger partial charge in [-0.1, -0.05) is 6.07 Å². The third kappa shape index (κ3) is 3.76. The number of hydrogen-bond donors (Lipinski definition) is 1. The van der Waals surface area contributed by atoms with E-state index < -0.39 is 0 Å². The van der Waals surface area contributed by atoms with Gasteiger partial charge in [0.05, 0.1) is 0 Å². The second-order valence-corrected chi connectivity index (χ2v) is 5.93. The minimum absolute atomic E-state index is 0.0118. The lowest BCUT2D eigenvalue weighted by Gasteiger charge is -2.26. The molecule has 0 radical (unpaired) electrons. The number of anilines is 1. The topological polar surface area (TPSA) is 75.2 Å². The summed E-state index contributed by atoms with van der Waals surface area (Å²) in [5.41, 5.74) is 1.76. The summed E-state index contributed by atoms with van der Waals surface area (Å²) in [6.07, 6.45) is 4.66. The van der Waals surface area contributed by atoms with Crippen molar-refractivity contribution in [3.8, 4) is 0 Å². The van der Waals surface area contributed by atoms with Crippen LogP contribution in [0.3, 0.4) is 0 Å². The molecule has 1 N–H and O–H groups in total. The van der Waals surface area contributed by atoms with Crippen molar-refractivity contribution in [1.29, 1.82) is 0 Å². The summed E-state index contributed by atoms with van der Waals surface area (Å²) in [5.74, 6) is 0.142. The summed E-state index contributed by atoms with van der Waals surface area (Å²) < 4.78 is 0. The van der Waals surface area contributed by atoms with Crippen molar-refractivity contribution in [3.63, 3.8) is 0 Å². The predicted octanol–water partition coefficient (Wildman–Crippen LogP) is 2.66. The number of piperidine rings is 1. The Balaban J connectivity index is 1.74. The highest BCUT2D eigenvalue weighted by Gasteiger charge is 2.19. The standard InChI is InChI=1S/C18H20N4O2/c1-13-10-16(20-12-19-13)21-17(23)14-6-5-7-15(11-14)18(24)22-8-3-2-4-9-22/h5-7,10-12H,2-4,8-9H2,1H3,(H,19,20,21,23). The number of rotatable bonds is 3. The van der Waals surface area contributed by atoms with Crippen molar-refractivity contribution in [2.75, 3.05) is 18.4 Å². The Morgan fingerprint density at radius 2 is 1.79 bits per heavy atom. The fourth-order valence-corrected chi connectivity index (χ4v) is 2.78. The molecule has 3 rings (SSSR count). The number of hydrogen-bond acceptors (Lipinski definition) is 4. The van der Waals surface area contributed by atoms with Crippen LogP contribution in [0.5, 0.6) is 0 Å². The number of amides is 2. The first-order valence-corrected chi connectivity index (χ1v) is 8.13. The molecule has 0 bridgehead atoms. The van der Waals surface area contributed by atoms with Gasteiger partial charge in [-0.05, 0) is 44.4 Å². The molecule has 1 aliphatic heterocycles. The molecule has 1 aromatic heterocycles. The van der Waals surface area contributed by atoms with E-state index >= 15 is 0 Å². The summed E-state index contributed by atoms with van der Waals surface area (Å²) >= 11 is 0. The Labute approximate surface area is 140 Å². The molecular formula is C18H20N4O2. The van der Waals surface area contributed by atoms with Crippen LogP contribution < -0.4 is 5.32 Å². The number of aryl methyl sites for hydroxylation is 1. The van der Waals surface area contributed by atoms with E-state index in [-0.39, 0.29) is 11.8 Å². The normalized spacial score (nSPS) is 14.3. The number of carbonyl (C=O) groups excluding carboxylic acids is 2. The number of aromatic nitrogens is 2. The highest BCUT2D eigenvalue weighted by atomic mass is 16.2. The van der Waals surface area contributed by atoms with Crippen molar-refractivity contribution < 1.29 is 9.59 Å². The highest BCUT2D eigenvalue weighted by molar-refractivity contribution is 6.05. The molecule has 0 saturated carbocycles. The summed E-state index contributed by atoms with van der Waals surface area (Å²) in [5, 5.41) is 2.73. The molecular weight excluding hydrogens is 304 g/mol. The van der Waals surface area contributed by atoms with Crippen molar-refractivity contribution in [2.45, 2.75) is 26.2 Å². The van der Waals surface area contributed by atoms with E-state index in [1.807, 2.05) is 11.8 Å².